The lowest BCUT2D eigenvalue weighted by Crippen LogP contribution is -2.56. The van der Waals surface area contributed by atoms with E-state index in [1.165, 1.54) is 19.3 Å². The van der Waals surface area contributed by atoms with E-state index in [-0.39, 0.29) is 0 Å². The van der Waals surface area contributed by atoms with E-state index >= 15 is 0 Å². The SMILES string of the molecule is CN(CC1(N(C)C)CCC1)c1ccncc1N. The molecule has 1 heterocycles. The van der Waals surface area contributed by atoms with Crippen LogP contribution in [-0.2, 0) is 0 Å². The maximum absolute atomic E-state index is 5.96. The van der Waals surface area contributed by atoms with Crippen molar-refractivity contribution in [3.05, 3.63) is 18.5 Å². The number of nitrogens with two attached hydrogens (primary N) is 1. The fraction of sp³-hybridized carbons (Fsp3) is 0.615. The topological polar surface area (TPSA) is 45.4 Å². The van der Waals surface area contributed by atoms with E-state index in [4.69, 9.17) is 5.73 Å². The van der Waals surface area contributed by atoms with Crippen LogP contribution < -0.4 is 10.6 Å². The molecule has 1 aromatic heterocycles. The average Bonchev–Trinajstić information content (AvgIpc) is 2.23. The monoisotopic (exact) mass is 234 g/mol. The Hall–Kier alpha value is -1.29. The van der Waals surface area contributed by atoms with E-state index in [0.717, 1.165) is 17.9 Å². The summed E-state index contributed by atoms with van der Waals surface area (Å²) < 4.78 is 0. The lowest BCUT2D eigenvalue weighted by Gasteiger charge is -2.49. The van der Waals surface area contributed by atoms with Gasteiger partial charge in [-0.05, 0) is 39.4 Å². The van der Waals surface area contributed by atoms with E-state index in [0.29, 0.717) is 5.54 Å². The second kappa shape index (κ2) is 4.53. The number of aromatic nitrogens is 1. The molecular weight excluding hydrogens is 212 g/mol. The third-order valence-electron chi connectivity index (χ3n) is 4.00. The largest absolute Gasteiger partial charge is 0.396 e. The second-order valence-electron chi connectivity index (χ2n) is 5.26. The number of rotatable bonds is 4. The highest BCUT2D eigenvalue weighted by Gasteiger charge is 2.40. The molecule has 0 atom stereocenters. The molecule has 1 aromatic rings. The molecule has 17 heavy (non-hydrogen) atoms. The van der Waals surface area contributed by atoms with Crippen molar-refractivity contribution in [2.24, 2.45) is 0 Å². The molecule has 1 saturated carbocycles. The van der Waals surface area contributed by atoms with Gasteiger partial charge in [0.2, 0.25) is 0 Å². The van der Waals surface area contributed by atoms with Gasteiger partial charge in [-0.3, -0.25) is 4.98 Å². The van der Waals surface area contributed by atoms with Crippen LogP contribution in [0.3, 0.4) is 0 Å². The molecule has 2 N–H and O–H groups in total. The summed E-state index contributed by atoms with van der Waals surface area (Å²) in [7, 11) is 6.45. The maximum atomic E-state index is 5.96. The van der Waals surface area contributed by atoms with Crippen molar-refractivity contribution in [1.29, 1.82) is 0 Å². The van der Waals surface area contributed by atoms with Gasteiger partial charge in [-0.2, -0.15) is 0 Å². The molecule has 4 nitrogen and oxygen atoms in total. The van der Waals surface area contributed by atoms with Crippen LogP contribution in [0, 0.1) is 0 Å². The van der Waals surface area contributed by atoms with Crippen molar-refractivity contribution < 1.29 is 0 Å². The van der Waals surface area contributed by atoms with Crippen LogP contribution in [0.1, 0.15) is 19.3 Å². The van der Waals surface area contributed by atoms with Crippen LogP contribution in [0.5, 0.6) is 0 Å². The van der Waals surface area contributed by atoms with E-state index < -0.39 is 0 Å². The summed E-state index contributed by atoms with van der Waals surface area (Å²) in [6, 6.07) is 1.98. The average molecular weight is 234 g/mol. The number of anilines is 2. The summed E-state index contributed by atoms with van der Waals surface area (Å²) in [5.74, 6) is 0. The van der Waals surface area contributed by atoms with Crippen molar-refractivity contribution in [2.75, 3.05) is 38.3 Å². The minimum absolute atomic E-state index is 0.324. The number of pyridine rings is 1. The second-order valence-corrected chi connectivity index (χ2v) is 5.26. The highest BCUT2D eigenvalue weighted by Crippen LogP contribution is 2.37. The third kappa shape index (κ3) is 2.22. The Morgan fingerprint density at radius 3 is 2.53 bits per heavy atom. The van der Waals surface area contributed by atoms with Crippen molar-refractivity contribution in [1.82, 2.24) is 9.88 Å². The molecule has 0 bridgehead atoms. The van der Waals surface area contributed by atoms with Crippen LogP contribution in [-0.4, -0.2) is 43.1 Å². The number of hydrogen-bond donors (Lipinski definition) is 1. The molecule has 0 spiro atoms. The summed E-state index contributed by atoms with van der Waals surface area (Å²) in [6.07, 6.45) is 7.39. The summed E-state index contributed by atoms with van der Waals surface area (Å²) in [5.41, 5.74) is 8.11. The molecule has 0 aromatic carbocycles. The molecule has 0 aliphatic heterocycles. The molecule has 1 fully saturated rings. The summed E-state index contributed by atoms with van der Waals surface area (Å²) >= 11 is 0. The van der Waals surface area contributed by atoms with Gasteiger partial charge < -0.3 is 15.5 Å². The van der Waals surface area contributed by atoms with Gasteiger partial charge in [0.05, 0.1) is 17.6 Å². The van der Waals surface area contributed by atoms with Gasteiger partial charge in [0, 0.05) is 25.3 Å². The predicted molar refractivity (Wildman–Crippen MR) is 72.2 cm³/mol. The Labute approximate surface area is 103 Å². The first-order valence-corrected chi connectivity index (χ1v) is 6.13. The Bertz CT molecular complexity index is 385. The van der Waals surface area contributed by atoms with Gasteiger partial charge in [-0.25, -0.2) is 0 Å². The number of nitrogens with zero attached hydrogens (tertiary/aromatic N) is 3. The van der Waals surface area contributed by atoms with E-state index in [9.17, 15) is 0 Å². The molecule has 0 radical (unpaired) electrons. The molecule has 2 rings (SSSR count). The third-order valence-corrected chi connectivity index (χ3v) is 4.00. The van der Waals surface area contributed by atoms with Gasteiger partial charge >= 0.3 is 0 Å². The Balaban J connectivity index is 2.11. The van der Waals surface area contributed by atoms with E-state index in [2.05, 4.69) is 35.9 Å². The van der Waals surface area contributed by atoms with Gasteiger partial charge in [0.15, 0.2) is 0 Å². The summed E-state index contributed by atoms with van der Waals surface area (Å²) in [6.45, 7) is 1.02. The molecule has 4 heteroatoms. The molecule has 0 unspecified atom stereocenters. The Morgan fingerprint density at radius 1 is 1.35 bits per heavy atom. The first-order chi connectivity index (χ1) is 8.05. The normalized spacial score (nSPS) is 17.9. The lowest BCUT2D eigenvalue weighted by molar-refractivity contribution is 0.0683. The highest BCUT2D eigenvalue weighted by molar-refractivity contribution is 5.65. The van der Waals surface area contributed by atoms with Crippen LogP contribution in [0.15, 0.2) is 18.5 Å². The van der Waals surface area contributed by atoms with Crippen molar-refractivity contribution >= 4 is 11.4 Å². The lowest BCUT2D eigenvalue weighted by atomic mass is 9.75. The van der Waals surface area contributed by atoms with Crippen LogP contribution in [0.25, 0.3) is 0 Å². The predicted octanol–water partition coefficient (Wildman–Crippen LogP) is 1.58. The van der Waals surface area contributed by atoms with E-state index in [1.54, 1.807) is 12.4 Å². The molecular formula is C13H22N4. The van der Waals surface area contributed by atoms with Crippen LogP contribution in [0.2, 0.25) is 0 Å². The van der Waals surface area contributed by atoms with Gasteiger partial charge in [-0.1, -0.05) is 0 Å². The van der Waals surface area contributed by atoms with Gasteiger partial charge in [0.25, 0.3) is 0 Å². The minimum Gasteiger partial charge on any atom is -0.396 e. The van der Waals surface area contributed by atoms with Crippen LogP contribution in [0.4, 0.5) is 11.4 Å². The summed E-state index contributed by atoms with van der Waals surface area (Å²) in [5, 5.41) is 0. The molecule has 1 aliphatic rings. The Morgan fingerprint density at radius 2 is 2.06 bits per heavy atom. The van der Waals surface area contributed by atoms with E-state index in [1.807, 2.05) is 6.07 Å². The fourth-order valence-electron chi connectivity index (χ4n) is 2.61. The highest BCUT2D eigenvalue weighted by atomic mass is 15.2. The zero-order chi connectivity index (χ0) is 12.5. The smallest absolute Gasteiger partial charge is 0.0738 e. The maximum Gasteiger partial charge on any atom is 0.0738 e. The number of likely N-dealkylation sites (N-methyl/N-ethyl adjacent to an activating group) is 2. The van der Waals surface area contributed by atoms with Crippen molar-refractivity contribution in [3.63, 3.8) is 0 Å². The fourth-order valence-corrected chi connectivity index (χ4v) is 2.61. The quantitative estimate of drug-likeness (QED) is 0.859. The van der Waals surface area contributed by atoms with Crippen molar-refractivity contribution in [2.45, 2.75) is 24.8 Å². The standard InChI is InChI=1S/C13H22N4/c1-16(2)13(6-4-7-13)10-17(3)12-5-8-15-9-11(12)14/h5,8-9H,4,6-7,10,14H2,1-3H3. The first-order valence-electron chi connectivity index (χ1n) is 6.13. The van der Waals surface area contributed by atoms with Crippen molar-refractivity contribution in [3.8, 4) is 0 Å². The number of hydrogen-bond acceptors (Lipinski definition) is 4. The van der Waals surface area contributed by atoms with Crippen LogP contribution >= 0.6 is 0 Å². The number of nitrogen functional groups attached to an aromatic ring is 1. The minimum atomic E-state index is 0.324. The van der Waals surface area contributed by atoms with Gasteiger partial charge in [-0.15, -0.1) is 0 Å². The first kappa shape index (κ1) is 12.2. The molecule has 0 saturated heterocycles. The Kier molecular flexibility index (Phi) is 3.24. The zero-order valence-electron chi connectivity index (χ0n) is 11.0. The summed E-state index contributed by atoms with van der Waals surface area (Å²) in [4.78, 5) is 8.63. The molecule has 1 aliphatic carbocycles. The molecule has 94 valence electrons. The van der Waals surface area contributed by atoms with Gasteiger partial charge in [0.1, 0.15) is 0 Å². The zero-order valence-corrected chi connectivity index (χ0v) is 11.0. The molecule has 0 amide bonds.